The Bertz CT molecular complexity index is 713. The molecule has 0 fully saturated rings. The maximum Gasteiger partial charge on any atom is 0.262 e. The van der Waals surface area contributed by atoms with E-state index >= 15 is 0 Å². The molecule has 0 unspecified atom stereocenters. The molecule has 0 aliphatic heterocycles. The summed E-state index contributed by atoms with van der Waals surface area (Å²) in [5.74, 6) is 1.26. The van der Waals surface area contributed by atoms with Gasteiger partial charge in [0, 0.05) is 11.3 Å². The first kappa shape index (κ1) is 17.1. The number of carbonyl (C=O) groups is 1. The van der Waals surface area contributed by atoms with Crippen LogP contribution in [0.1, 0.15) is 5.56 Å². The van der Waals surface area contributed by atoms with Crippen molar-refractivity contribution in [1.29, 1.82) is 0 Å². The van der Waals surface area contributed by atoms with Crippen molar-refractivity contribution < 1.29 is 24.2 Å². The number of nitrogens with zero attached hydrogens (tertiary/aromatic N) is 1. The molecule has 0 atom stereocenters. The summed E-state index contributed by atoms with van der Waals surface area (Å²) in [5.41, 5.74) is 1.29. The van der Waals surface area contributed by atoms with Crippen LogP contribution >= 0.6 is 0 Å². The van der Waals surface area contributed by atoms with E-state index in [2.05, 4.69) is 10.5 Å². The highest BCUT2D eigenvalue weighted by atomic mass is 16.5. The second-order valence-corrected chi connectivity index (χ2v) is 4.72. The quantitative estimate of drug-likeness (QED) is 0.462. The van der Waals surface area contributed by atoms with Gasteiger partial charge in [-0.15, -0.1) is 0 Å². The number of benzene rings is 2. The maximum atomic E-state index is 11.9. The van der Waals surface area contributed by atoms with Gasteiger partial charge in [0.2, 0.25) is 0 Å². The Labute approximate surface area is 139 Å². The van der Waals surface area contributed by atoms with E-state index in [1.165, 1.54) is 13.3 Å². The largest absolute Gasteiger partial charge is 0.497 e. The van der Waals surface area contributed by atoms with E-state index in [9.17, 15) is 4.79 Å². The minimum atomic E-state index is -0.303. The number of methoxy groups -OCH3 is 2. The molecule has 1 amide bonds. The van der Waals surface area contributed by atoms with Gasteiger partial charge in [0.15, 0.2) is 18.1 Å². The van der Waals surface area contributed by atoms with Crippen molar-refractivity contribution >= 4 is 17.8 Å². The Morgan fingerprint density at radius 2 is 1.88 bits per heavy atom. The van der Waals surface area contributed by atoms with Gasteiger partial charge in [-0.2, -0.15) is 0 Å². The molecule has 7 heteroatoms. The second kappa shape index (κ2) is 8.42. The van der Waals surface area contributed by atoms with E-state index in [-0.39, 0.29) is 12.5 Å². The van der Waals surface area contributed by atoms with Gasteiger partial charge in [-0.05, 0) is 42.5 Å². The van der Waals surface area contributed by atoms with Crippen molar-refractivity contribution in [2.24, 2.45) is 5.16 Å². The molecule has 0 saturated carbocycles. The predicted octanol–water partition coefficient (Wildman–Crippen LogP) is 2.53. The summed E-state index contributed by atoms with van der Waals surface area (Å²) in [4.78, 5) is 11.9. The van der Waals surface area contributed by atoms with E-state index in [0.29, 0.717) is 28.5 Å². The highest BCUT2D eigenvalue weighted by molar-refractivity contribution is 5.92. The maximum absolute atomic E-state index is 11.9. The molecule has 0 aromatic heterocycles. The van der Waals surface area contributed by atoms with Gasteiger partial charge in [0.05, 0.1) is 20.4 Å². The summed E-state index contributed by atoms with van der Waals surface area (Å²) in [7, 11) is 3.06. The smallest absolute Gasteiger partial charge is 0.262 e. The number of carbonyl (C=O) groups excluding carboxylic acids is 1. The SMILES string of the molecule is COc1ccc(NC(=O)COc2ccc(C=NO)cc2OC)cc1. The first-order valence-corrected chi connectivity index (χ1v) is 7.08. The highest BCUT2D eigenvalue weighted by Gasteiger charge is 2.09. The summed E-state index contributed by atoms with van der Waals surface area (Å²) in [6, 6.07) is 11.9. The fraction of sp³-hybridized carbons (Fsp3) is 0.176. The van der Waals surface area contributed by atoms with E-state index in [0.717, 1.165) is 0 Å². The third-order valence-electron chi connectivity index (χ3n) is 3.13. The number of hydrogen-bond acceptors (Lipinski definition) is 6. The number of amides is 1. The molecule has 0 radical (unpaired) electrons. The predicted molar refractivity (Wildman–Crippen MR) is 89.5 cm³/mol. The third kappa shape index (κ3) is 4.64. The number of ether oxygens (including phenoxy) is 3. The lowest BCUT2D eigenvalue weighted by atomic mass is 10.2. The lowest BCUT2D eigenvalue weighted by Crippen LogP contribution is -2.20. The molecule has 0 heterocycles. The van der Waals surface area contributed by atoms with E-state index in [1.807, 2.05) is 0 Å². The van der Waals surface area contributed by atoms with Crippen LogP contribution in [0.2, 0.25) is 0 Å². The van der Waals surface area contributed by atoms with Crippen LogP contribution in [0.15, 0.2) is 47.6 Å². The minimum absolute atomic E-state index is 0.171. The molecule has 0 bridgehead atoms. The third-order valence-corrected chi connectivity index (χ3v) is 3.13. The number of hydrogen-bond donors (Lipinski definition) is 2. The summed E-state index contributed by atoms with van der Waals surface area (Å²) < 4.78 is 15.7. The van der Waals surface area contributed by atoms with E-state index < -0.39 is 0 Å². The van der Waals surface area contributed by atoms with Gasteiger partial charge in [0.1, 0.15) is 5.75 Å². The van der Waals surface area contributed by atoms with Crippen LogP contribution in [0.25, 0.3) is 0 Å². The molecule has 126 valence electrons. The Hall–Kier alpha value is -3.22. The van der Waals surface area contributed by atoms with Crippen LogP contribution in [-0.2, 0) is 4.79 Å². The molecule has 0 spiro atoms. The summed E-state index contributed by atoms with van der Waals surface area (Å²) in [6.45, 7) is -0.171. The zero-order chi connectivity index (χ0) is 17.4. The van der Waals surface area contributed by atoms with Crippen molar-refractivity contribution in [1.82, 2.24) is 0 Å². The van der Waals surface area contributed by atoms with Crippen molar-refractivity contribution in [2.75, 3.05) is 26.1 Å². The van der Waals surface area contributed by atoms with Crippen LogP contribution in [0, 0.1) is 0 Å². The van der Waals surface area contributed by atoms with Gasteiger partial charge in [-0.3, -0.25) is 4.79 Å². The number of rotatable bonds is 7. The zero-order valence-electron chi connectivity index (χ0n) is 13.4. The molecule has 2 aromatic rings. The monoisotopic (exact) mass is 330 g/mol. The van der Waals surface area contributed by atoms with Gasteiger partial charge in [-0.25, -0.2) is 0 Å². The molecule has 2 N–H and O–H groups in total. The van der Waals surface area contributed by atoms with E-state index in [4.69, 9.17) is 19.4 Å². The van der Waals surface area contributed by atoms with Crippen LogP contribution < -0.4 is 19.5 Å². The molecule has 0 aliphatic carbocycles. The van der Waals surface area contributed by atoms with E-state index in [1.54, 1.807) is 49.6 Å². The van der Waals surface area contributed by atoms with Crippen LogP contribution in [0.3, 0.4) is 0 Å². The number of nitrogens with one attached hydrogen (secondary N) is 1. The Balaban J connectivity index is 1.95. The lowest BCUT2D eigenvalue weighted by Gasteiger charge is -2.11. The van der Waals surface area contributed by atoms with Crippen molar-refractivity contribution in [3.63, 3.8) is 0 Å². The molecular formula is C17H18N2O5. The number of oxime groups is 1. The first-order chi connectivity index (χ1) is 11.7. The molecule has 24 heavy (non-hydrogen) atoms. The average Bonchev–Trinajstić information content (AvgIpc) is 2.61. The normalized spacial score (nSPS) is 10.4. The zero-order valence-corrected chi connectivity index (χ0v) is 13.4. The topological polar surface area (TPSA) is 89.4 Å². The highest BCUT2D eigenvalue weighted by Crippen LogP contribution is 2.27. The lowest BCUT2D eigenvalue weighted by molar-refractivity contribution is -0.118. The number of anilines is 1. The molecule has 2 rings (SSSR count). The Kier molecular flexibility index (Phi) is 6.01. The van der Waals surface area contributed by atoms with Crippen molar-refractivity contribution in [3.05, 3.63) is 48.0 Å². The summed E-state index contributed by atoms with van der Waals surface area (Å²) in [6.07, 6.45) is 1.27. The summed E-state index contributed by atoms with van der Waals surface area (Å²) >= 11 is 0. The van der Waals surface area contributed by atoms with Crippen LogP contribution in [-0.4, -0.2) is 38.2 Å². The van der Waals surface area contributed by atoms with Crippen LogP contribution in [0.5, 0.6) is 17.2 Å². The average molecular weight is 330 g/mol. The summed E-state index contributed by atoms with van der Waals surface area (Å²) in [5, 5.41) is 14.2. The van der Waals surface area contributed by atoms with Gasteiger partial charge < -0.3 is 24.7 Å². The second-order valence-electron chi connectivity index (χ2n) is 4.72. The molecular weight excluding hydrogens is 312 g/mol. The van der Waals surface area contributed by atoms with Crippen molar-refractivity contribution in [2.45, 2.75) is 0 Å². The Morgan fingerprint density at radius 1 is 1.12 bits per heavy atom. The molecule has 0 saturated heterocycles. The van der Waals surface area contributed by atoms with Gasteiger partial charge in [-0.1, -0.05) is 5.16 Å². The van der Waals surface area contributed by atoms with Gasteiger partial charge in [0.25, 0.3) is 5.91 Å². The van der Waals surface area contributed by atoms with Gasteiger partial charge >= 0.3 is 0 Å². The molecule has 0 aliphatic rings. The fourth-order valence-corrected chi connectivity index (χ4v) is 1.97. The fourth-order valence-electron chi connectivity index (χ4n) is 1.97. The van der Waals surface area contributed by atoms with Crippen LogP contribution in [0.4, 0.5) is 5.69 Å². The Morgan fingerprint density at radius 3 is 2.50 bits per heavy atom. The molecule has 2 aromatic carbocycles. The standard InChI is InChI=1S/C17H18N2O5/c1-22-14-6-4-13(5-7-14)19-17(20)11-24-15-8-3-12(10-18-21)9-16(15)23-2/h3-10,21H,11H2,1-2H3,(H,19,20). The molecule has 7 nitrogen and oxygen atoms in total. The minimum Gasteiger partial charge on any atom is -0.497 e. The first-order valence-electron chi connectivity index (χ1n) is 7.08. The van der Waals surface area contributed by atoms with Crippen molar-refractivity contribution in [3.8, 4) is 17.2 Å².